The van der Waals surface area contributed by atoms with Crippen LogP contribution in [0.25, 0.3) is 0 Å². The number of anilines is 1. The quantitative estimate of drug-likeness (QED) is 0.864. The van der Waals surface area contributed by atoms with Crippen molar-refractivity contribution < 1.29 is 13.2 Å². The van der Waals surface area contributed by atoms with Gasteiger partial charge in [-0.15, -0.1) is 0 Å². The molecule has 1 saturated heterocycles. The molecule has 1 aromatic carbocycles. The SMILES string of the molecule is CC1OCCC1S(=O)(=O)Cc1cc(N)ccc1Cl. The molecule has 0 amide bonds. The number of rotatable bonds is 3. The van der Waals surface area contributed by atoms with Gasteiger partial charge >= 0.3 is 0 Å². The minimum absolute atomic E-state index is 0.0881. The molecule has 1 heterocycles. The molecule has 1 fully saturated rings. The topological polar surface area (TPSA) is 69.4 Å². The number of nitrogen functional groups attached to an aromatic ring is 1. The molecule has 2 N–H and O–H groups in total. The Bertz CT molecular complexity index is 544. The highest BCUT2D eigenvalue weighted by molar-refractivity contribution is 7.91. The van der Waals surface area contributed by atoms with Crippen molar-refractivity contribution in [2.75, 3.05) is 12.3 Å². The first-order chi connectivity index (χ1) is 8.40. The monoisotopic (exact) mass is 289 g/mol. The van der Waals surface area contributed by atoms with Crippen LogP contribution in [0.1, 0.15) is 18.9 Å². The molecular weight excluding hydrogens is 274 g/mol. The summed E-state index contributed by atoms with van der Waals surface area (Å²) < 4.78 is 29.9. The van der Waals surface area contributed by atoms with E-state index in [1.54, 1.807) is 25.1 Å². The fraction of sp³-hybridized carbons (Fsp3) is 0.500. The lowest BCUT2D eigenvalue weighted by molar-refractivity contribution is 0.126. The Kier molecular flexibility index (Phi) is 3.84. The molecule has 1 aromatic rings. The Morgan fingerprint density at radius 2 is 2.22 bits per heavy atom. The Labute approximate surface area is 112 Å². The third-order valence-electron chi connectivity index (χ3n) is 3.19. The highest BCUT2D eigenvalue weighted by Gasteiger charge is 2.35. The minimum atomic E-state index is -3.27. The molecule has 0 saturated carbocycles. The summed E-state index contributed by atoms with van der Waals surface area (Å²) in [6.07, 6.45) is 0.290. The molecule has 6 heteroatoms. The molecule has 100 valence electrons. The summed E-state index contributed by atoms with van der Waals surface area (Å²) in [6.45, 7) is 2.28. The van der Waals surface area contributed by atoms with Crippen LogP contribution in [0.4, 0.5) is 5.69 Å². The Morgan fingerprint density at radius 3 is 2.83 bits per heavy atom. The molecular formula is C12H16ClNO3S. The highest BCUT2D eigenvalue weighted by Crippen LogP contribution is 2.27. The van der Waals surface area contributed by atoms with Gasteiger partial charge in [0, 0.05) is 17.3 Å². The Hall–Kier alpha value is -0.780. The maximum Gasteiger partial charge on any atom is 0.159 e. The van der Waals surface area contributed by atoms with E-state index in [4.69, 9.17) is 22.1 Å². The molecule has 2 unspecified atom stereocenters. The first-order valence-corrected chi connectivity index (χ1v) is 7.86. The number of ether oxygens (including phenoxy) is 1. The lowest BCUT2D eigenvalue weighted by Gasteiger charge is -2.15. The smallest absolute Gasteiger partial charge is 0.159 e. The van der Waals surface area contributed by atoms with Gasteiger partial charge in [-0.05, 0) is 37.1 Å². The van der Waals surface area contributed by atoms with Crippen molar-refractivity contribution in [3.05, 3.63) is 28.8 Å². The second-order valence-electron chi connectivity index (χ2n) is 4.56. The van der Waals surface area contributed by atoms with Crippen molar-refractivity contribution in [3.63, 3.8) is 0 Å². The number of nitrogens with two attached hydrogens (primary N) is 1. The van der Waals surface area contributed by atoms with Crippen molar-refractivity contribution in [2.45, 2.75) is 30.5 Å². The van der Waals surface area contributed by atoms with Gasteiger partial charge in [-0.1, -0.05) is 11.6 Å². The van der Waals surface area contributed by atoms with Crippen LogP contribution in [-0.4, -0.2) is 26.4 Å². The first-order valence-electron chi connectivity index (χ1n) is 5.77. The van der Waals surface area contributed by atoms with E-state index in [2.05, 4.69) is 0 Å². The van der Waals surface area contributed by atoms with Crippen LogP contribution in [0, 0.1) is 0 Å². The van der Waals surface area contributed by atoms with E-state index >= 15 is 0 Å². The predicted molar refractivity (Wildman–Crippen MR) is 72.3 cm³/mol. The van der Waals surface area contributed by atoms with E-state index in [0.717, 1.165) is 0 Å². The van der Waals surface area contributed by atoms with E-state index < -0.39 is 15.1 Å². The van der Waals surface area contributed by atoms with Gasteiger partial charge in [-0.3, -0.25) is 0 Å². The van der Waals surface area contributed by atoms with Gasteiger partial charge < -0.3 is 10.5 Å². The molecule has 0 aromatic heterocycles. The zero-order chi connectivity index (χ0) is 13.3. The molecule has 18 heavy (non-hydrogen) atoms. The van der Waals surface area contributed by atoms with Crippen molar-refractivity contribution in [1.29, 1.82) is 0 Å². The molecule has 0 radical (unpaired) electrons. The van der Waals surface area contributed by atoms with E-state index in [9.17, 15) is 8.42 Å². The third-order valence-corrected chi connectivity index (χ3v) is 5.82. The molecule has 0 spiro atoms. The minimum Gasteiger partial charge on any atom is -0.399 e. The summed E-state index contributed by atoms with van der Waals surface area (Å²) in [7, 11) is -3.27. The van der Waals surface area contributed by atoms with E-state index in [0.29, 0.717) is 29.3 Å². The summed E-state index contributed by atoms with van der Waals surface area (Å²) in [5.74, 6) is -0.0881. The number of benzene rings is 1. The predicted octanol–water partition coefficient (Wildman–Crippen LogP) is 2.01. The van der Waals surface area contributed by atoms with E-state index in [1.165, 1.54) is 0 Å². The third kappa shape index (κ3) is 2.79. The highest BCUT2D eigenvalue weighted by atomic mass is 35.5. The van der Waals surface area contributed by atoms with Crippen LogP contribution in [0.2, 0.25) is 5.02 Å². The Balaban J connectivity index is 2.25. The van der Waals surface area contributed by atoms with Crippen LogP contribution in [0.15, 0.2) is 18.2 Å². The van der Waals surface area contributed by atoms with E-state index in [-0.39, 0.29) is 11.9 Å². The first kappa shape index (κ1) is 13.6. The Morgan fingerprint density at radius 1 is 1.50 bits per heavy atom. The lowest BCUT2D eigenvalue weighted by Crippen LogP contribution is -2.29. The van der Waals surface area contributed by atoms with Gasteiger partial charge in [-0.2, -0.15) is 0 Å². The maximum atomic E-state index is 12.3. The zero-order valence-electron chi connectivity index (χ0n) is 10.1. The molecule has 2 atom stereocenters. The second kappa shape index (κ2) is 5.07. The van der Waals surface area contributed by atoms with Crippen molar-refractivity contribution >= 4 is 27.1 Å². The van der Waals surface area contributed by atoms with Gasteiger partial charge in [0.25, 0.3) is 0 Å². The normalized spacial score (nSPS) is 24.3. The molecule has 0 bridgehead atoms. The summed E-state index contributed by atoms with van der Waals surface area (Å²) in [6, 6.07) is 4.89. The molecule has 1 aliphatic rings. The van der Waals surface area contributed by atoms with Crippen LogP contribution >= 0.6 is 11.6 Å². The van der Waals surface area contributed by atoms with Crippen LogP contribution in [0.5, 0.6) is 0 Å². The summed E-state index contributed by atoms with van der Waals surface area (Å²) in [5, 5.41) is -0.0191. The standard InChI is InChI=1S/C12H16ClNO3S/c1-8-12(4-5-17-8)18(15,16)7-9-6-10(14)2-3-11(9)13/h2-3,6,8,12H,4-5,7,14H2,1H3. The fourth-order valence-electron chi connectivity index (χ4n) is 2.21. The van der Waals surface area contributed by atoms with E-state index in [1.807, 2.05) is 0 Å². The number of hydrogen-bond donors (Lipinski definition) is 1. The van der Waals surface area contributed by atoms with Crippen LogP contribution in [0.3, 0.4) is 0 Å². The average molecular weight is 290 g/mol. The van der Waals surface area contributed by atoms with Crippen molar-refractivity contribution in [2.24, 2.45) is 0 Å². The average Bonchev–Trinajstić information content (AvgIpc) is 2.70. The molecule has 0 aliphatic carbocycles. The fourth-order valence-corrected chi connectivity index (χ4v) is 4.48. The zero-order valence-corrected chi connectivity index (χ0v) is 11.7. The number of sulfone groups is 1. The van der Waals surface area contributed by atoms with Gasteiger partial charge in [-0.25, -0.2) is 8.42 Å². The van der Waals surface area contributed by atoms with Crippen LogP contribution < -0.4 is 5.73 Å². The van der Waals surface area contributed by atoms with Crippen molar-refractivity contribution in [1.82, 2.24) is 0 Å². The lowest BCUT2D eigenvalue weighted by atomic mass is 10.2. The van der Waals surface area contributed by atoms with Crippen LogP contribution in [-0.2, 0) is 20.3 Å². The molecule has 1 aliphatic heterocycles. The number of hydrogen-bond acceptors (Lipinski definition) is 4. The number of halogens is 1. The second-order valence-corrected chi connectivity index (χ2v) is 7.19. The van der Waals surface area contributed by atoms with Crippen molar-refractivity contribution in [3.8, 4) is 0 Å². The summed E-state index contributed by atoms with van der Waals surface area (Å²) in [5.41, 5.74) is 6.71. The molecule has 2 rings (SSSR count). The van der Waals surface area contributed by atoms with Gasteiger partial charge in [0.05, 0.1) is 17.1 Å². The summed E-state index contributed by atoms with van der Waals surface area (Å²) in [4.78, 5) is 0. The summed E-state index contributed by atoms with van der Waals surface area (Å²) >= 11 is 5.99. The molecule has 4 nitrogen and oxygen atoms in total. The maximum absolute atomic E-state index is 12.3. The largest absolute Gasteiger partial charge is 0.399 e. The van der Waals surface area contributed by atoms with Gasteiger partial charge in [0.2, 0.25) is 0 Å². The van der Waals surface area contributed by atoms with Gasteiger partial charge in [0.1, 0.15) is 0 Å². The van der Waals surface area contributed by atoms with Gasteiger partial charge in [0.15, 0.2) is 9.84 Å².